The number of rotatable bonds is 0. The Balaban J connectivity index is 0.000000360. The zero-order chi connectivity index (χ0) is 4.41. The van der Waals surface area contributed by atoms with Gasteiger partial charge in [0.15, 0.2) is 0 Å². The van der Waals surface area contributed by atoms with Crippen molar-refractivity contribution in [1.29, 1.82) is 0 Å². The number of hydrogen-bond acceptors (Lipinski definition) is 1. The summed E-state index contributed by atoms with van der Waals surface area (Å²) in [4.78, 5) is 6.66. The van der Waals surface area contributed by atoms with Gasteiger partial charge in [0.25, 0.3) is 0 Å². The van der Waals surface area contributed by atoms with Crippen LogP contribution in [0.4, 0.5) is 0 Å². The van der Waals surface area contributed by atoms with Crippen LogP contribution in [0.5, 0.6) is 0 Å². The molecule has 0 saturated carbocycles. The van der Waals surface area contributed by atoms with Crippen molar-refractivity contribution >= 4 is 29.6 Å². The van der Waals surface area contributed by atoms with Crippen molar-refractivity contribution in [3.05, 3.63) is 18.2 Å². The summed E-state index contributed by atoms with van der Waals surface area (Å²) in [5.41, 5.74) is 1.11. The average Bonchev–Trinajstić information content (AvgIpc) is 1.86. The fraction of sp³-hybridized carbons (Fsp3) is 0.250. The second-order valence-electron chi connectivity index (χ2n) is 1.23. The van der Waals surface area contributed by atoms with Gasteiger partial charge >= 0.3 is 29.6 Å². The second kappa shape index (κ2) is 3.24. The van der Waals surface area contributed by atoms with Gasteiger partial charge in [-0.15, -0.1) is 0 Å². The Labute approximate surface area is 64.6 Å². The standard InChI is InChI=1S/C4H6N2.Na.H/c1-4-2-5-3-6-4;;/h2-3H,1H3,(H,5,6);;. The van der Waals surface area contributed by atoms with Crippen molar-refractivity contribution < 1.29 is 0 Å². The van der Waals surface area contributed by atoms with Gasteiger partial charge in [0.2, 0.25) is 0 Å². The van der Waals surface area contributed by atoms with Gasteiger partial charge in [-0.05, 0) is 6.92 Å². The van der Waals surface area contributed by atoms with E-state index >= 15 is 0 Å². The zero-order valence-corrected chi connectivity index (χ0v) is 3.60. The number of nitrogens with one attached hydrogen (secondary N) is 1. The van der Waals surface area contributed by atoms with E-state index in [0.717, 1.165) is 5.69 Å². The molecule has 0 bridgehead atoms. The van der Waals surface area contributed by atoms with Crippen molar-refractivity contribution in [2.45, 2.75) is 6.92 Å². The van der Waals surface area contributed by atoms with Gasteiger partial charge in [0.1, 0.15) is 0 Å². The Morgan fingerprint density at radius 1 is 1.71 bits per heavy atom. The molecule has 1 aromatic rings. The van der Waals surface area contributed by atoms with Crippen molar-refractivity contribution in [3.63, 3.8) is 0 Å². The molecule has 0 aliphatic heterocycles. The molecule has 0 amide bonds. The molecule has 3 heteroatoms. The summed E-state index contributed by atoms with van der Waals surface area (Å²) < 4.78 is 0. The first-order valence-electron chi connectivity index (χ1n) is 1.84. The SMILES string of the molecule is Cc1cnc[nH]1.[NaH]. The van der Waals surface area contributed by atoms with Crippen LogP contribution in [0.1, 0.15) is 5.69 Å². The minimum atomic E-state index is 0. The van der Waals surface area contributed by atoms with E-state index in [1.807, 2.05) is 6.92 Å². The van der Waals surface area contributed by atoms with Crippen molar-refractivity contribution in [2.24, 2.45) is 0 Å². The number of aromatic amines is 1. The summed E-state index contributed by atoms with van der Waals surface area (Å²) in [5, 5.41) is 0. The number of hydrogen-bond donors (Lipinski definition) is 1. The molecule has 0 aliphatic carbocycles. The molecule has 0 aliphatic rings. The monoisotopic (exact) mass is 106 g/mol. The third-order valence-electron chi connectivity index (χ3n) is 0.635. The Morgan fingerprint density at radius 3 is 2.57 bits per heavy atom. The van der Waals surface area contributed by atoms with Crippen LogP contribution in [0, 0.1) is 6.92 Å². The maximum absolute atomic E-state index is 3.77. The third kappa shape index (κ3) is 2.12. The molecule has 0 unspecified atom stereocenters. The van der Waals surface area contributed by atoms with Crippen LogP contribution >= 0.6 is 0 Å². The van der Waals surface area contributed by atoms with Gasteiger partial charge in [0.05, 0.1) is 6.33 Å². The minimum absolute atomic E-state index is 0. The van der Waals surface area contributed by atoms with Gasteiger partial charge in [-0.3, -0.25) is 0 Å². The predicted octanol–water partition coefficient (Wildman–Crippen LogP) is 0.0696. The van der Waals surface area contributed by atoms with Gasteiger partial charge < -0.3 is 4.98 Å². The Hall–Kier alpha value is 0.210. The molecule has 0 saturated heterocycles. The molecule has 0 aromatic carbocycles. The van der Waals surface area contributed by atoms with Crippen LogP contribution in [0.2, 0.25) is 0 Å². The number of nitrogens with zero attached hydrogens (tertiary/aromatic N) is 1. The predicted molar refractivity (Wildman–Crippen MR) is 30.5 cm³/mol. The molecule has 1 rings (SSSR count). The average molecular weight is 106 g/mol. The first kappa shape index (κ1) is 7.21. The molecule has 2 nitrogen and oxygen atoms in total. The Bertz CT molecular complexity index is 113. The summed E-state index contributed by atoms with van der Waals surface area (Å²) >= 11 is 0. The fourth-order valence-electron chi connectivity index (χ4n) is 0.325. The van der Waals surface area contributed by atoms with E-state index in [9.17, 15) is 0 Å². The quantitative estimate of drug-likeness (QED) is 0.466. The number of imidazole rings is 1. The summed E-state index contributed by atoms with van der Waals surface area (Å²) in [6.07, 6.45) is 3.44. The number of aryl methyl sites for hydroxylation is 1. The molecule has 1 aromatic heterocycles. The van der Waals surface area contributed by atoms with E-state index in [-0.39, 0.29) is 29.6 Å². The van der Waals surface area contributed by atoms with Crippen molar-refractivity contribution in [3.8, 4) is 0 Å². The van der Waals surface area contributed by atoms with Crippen molar-refractivity contribution in [1.82, 2.24) is 9.97 Å². The van der Waals surface area contributed by atoms with Gasteiger partial charge in [0, 0.05) is 11.9 Å². The summed E-state index contributed by atoms with van der Waals surface area (Å²) in [5.74, 6) is 0. The van der Waals surface area contributed by atoms with Crippen molar-refractivity contribution in [2.75, 3.05) is 0 Å². The van der Waals surface area contributed by atoms with Crippen LogP contribution in [0.3, 0.4) is 0 Å². The molecule has 7 heavy (non-hydrogen) atoms. The van der Waals surface area contributed by atoms with E-state index < -0.39 is 0 Å². The topological polar surface area (TPSA) is 28.7 Å². The first-order valence-corrected chi connectivity index (χ1v) is 1.84. The van der Waals surface area contributed by atoms with Gasteiger partial charge in [-0.1, -0.05) is 0 Å². The molecule has 0 atom stereocenters. The van der Waals surface area contributed by atoms with E-state index in [1.165, 1.54) is 0 Å². The normalized spacial score (nSPS) is 7.57. The Morgan fingerprint density at radius 2 is 2.43 bits per heavy atom. The first-order chi connectivity index (χ1) is 2.89. The molecular formula is C4H7N2Na. The van der Waals surface area contributed by atoms with E-state index in [2.05, 4.69) is 9.97 Å². The van der Waals surface area contributed by atoms with Crippen LogP contribution in [-0.4, -0.2) is 39.5 Å². The summed E-state index contributed by atoms with van der Waals surface area (Å²) in [7, 11) is 0. The Kier molecular flexibility index (Phi) is 3.34. The fourth-order valence-corrected chi connectivity index (χ4v) is 0.325. The van der Waals surface area contributed by atoms with Crippen LogP contribution < -0.4 is 0 Å². The molecule has 1 heterocycles. The molecule has 0 fully saturated rings. The maximum atomic E-state index is 3.77. The molecular weight excluding hydrogens is 99.0 g/mol. The van der Waals surface area contributed by atoms with Crippen LogP contribution in [0.25, 0.3) is 0 Å². The van der Waals surface area contributed by atoms with E-state index in [1.54, 1.807) is 12.5 Å². The van der Waals surface area contributed by atoms with Crippen LogP contribution in [0.15, 0.2) is 12.5 Å². The molecule has 1 N–H and O–H groups in total. The van der Waals surface area contributed by atoms with Crippen LogP contribution in [-0.2, 0) is 0 Å². The van der Waals surface area contributed by atoms with E-state index in [0.29, 0.717) is 0 Å². The number of H-pyrrole nitrogens is 1. The summed E-state index contributed by atoms with van der Waals surface area (Å²) in [6, 6.07) is 0. The number of aromatic nitrogens is 2. The molecule has 0 radical (unpaired) electrons. The third-order valence-corrected chi connectivity index (χ3v) is 0.635. The second-order valence-corrected chi connectivity index (χ2v) is 1.23. The summed E-state index contributed by atoms with van der Waals surface area (Å²) in [6.45, 7) is 1.97. The van der Waals surface area contributed by atoms with Gasteiger partial charge in [-0.2, -0.15) is 0 Å². The molecule has 0 spiro atoms. The van der Waals surface area contributed by atoms with E-state index in [4.69, 9.17) is 0 Å². The zero-order valence-electron chi connectivity index (χ0n) is 3.60. The molecule has 34 valence electrons. The van der Waals surface area contributed by atoms with Gasteiger partial charge in [-0.25, -0.2) is 4.98 Å².